The molecule has 10 nitrogen and oxygen atoms in total. The molecule has 6 N–H and O–H groups in total. The van der Waals surface area contributed by atoms with Crippen molar-refractivity contribution >= 4 is 17.6 Å². The zero-order valence-electron chi connectivity index (χ0n) is 22.1. The largest absolute Gasteiger partial charge is 0.394 e. The number of nitrogens with one attached hydrogen (secondary N) is 3. The van der Waals surface area contributed by atoms with Crippen LogP contribution >= 0.6 is 0 Å². The van der Waals surface area contributed by atoms with Gasteiger partial charge in [-0.25, -0.2) is 9.97 Å². The van der Waals surface area contributed by atoms with E-state index in [-0.39, 0.29) is 52.4 Å². The molecule has 0 saturated carbocycles. The van der Waals surface area contributed by atoms with E-state index in [1.807, 2.05) is 24.3 Å². The molecule has 2 aromatic carbocycles. The van der Waals surface area contributed by atoms with Crippen LogP contribution < -0.4 is 21.7 Å². The fraction of sp³-hybridized carbons (Fsp3) is 0.276. The molecule has 0 aliphatic heterocycles. The van der Waals surface area contributed by atoms with E-state index >= 15 is 0 Å². The first-order valence-corrected chi connectivity index (χ1v) is 12.8. The molecule has 11 heteroatoms. The smallest absolute Gasteiger partial charge is 0.270 e. The van der Waals surface area contributed by atoms with Gasteiger partial charge < -0.3 is 26.8 Å². The van der Waals surface area contributed by atoms with Crippen LogP contribution in [0.25, 0.3) is 0 Å². The van der Waals surface area contributed by atoms with Gasteiger partial charge in [-0.05, 0) is 60.1 Å². The zero-order valence-corrected chi connectivity index (χ0v) is 23.1. The van der Waals surface area contributed by atoms with Gasteiger partial charge in [0.05, 0.1) is 11.7 Å². The van der Waals surface area contributed by atoms with Gasteiger partial charge in [0.1, 0.15) is 23.4 Å². The number of aliphatic hydroxyl groups is 1. The van der Waals surface area contributed by atoms with Crippen molar-refractivity contribution in [3.8, 4) is 0 Å². The first kappa shape index (κ1) is 28.9. The molecular weight excluding hydrogens is 555 g/mol. The van der Waals surface area contributed by atoms with Crippen LogP contribution in [0.4, 0.5) is 0 Å². The molecule has 2 aliphatic carbocycles. The number of aryl methyl sites for hydroxylation is 1. The van der Waals surface area contributed by atoms with Crippen molar-refractivity contribution in [1.29, 1.82) is 0 Å². The molecule has 2 aliphatic rings. The number of carbonyl (C=O) groups is 3. The zero-order chi connectivity index (χ0) is 27.7. The number of benzene rings is 2. The number of nitrogens with zero attached hydrogens (tertiary/aromatic N) is 2. The van der Waals surface area contributed by atoms with Crippen LogP contribution in [-0.4, -0.2) is 38.8 Å². The van der Waals surface area contributed by atoms with Crippen LogP contribution in [0.1, 0.15) is 66.8 Å². The van der Waals surface area contributed by atoms with E-state index in [1.54, 1.807) is 0 Å². The fourth-order valence-electron chi connectivity index (χ4n) is 4.98. The number of aromatic nitrogens is 2. The Balaban J connectivity index is 0.00000370. The first-order valence-electron chi connectivity index (χ1n) is 12.8. The van der Waals surface area contributed by atoms with Crippen molar-refractivity contribution in [3.05, 3.63) is 105 Å². The molecule has 0 spiro atoms. The first-order chi connectivity index (χ1) is 18.7. The molecule has 40 heavy (non-hydrogen) atoms. The van der Waals surface area contributed by atoms with Crippen molar-refractivity contribution in [2.45, 2.75) is 51.9 Å². The molecular formula is C29H30CoN6O4. The molecule has 0 saturated heterocycles. The SMILES string of the molecule is Cc1ccc2c(c1C)CC[C@@H]2NC(=O)c1cc(C(=O)NCc2cccc(CNC3=C(N)C(=O)C3O)c2)ncn1.[Co]. The minimum absolute atomic E-state index is 0. The predicted molar refractivity (Wildman–Crippen MR) is 143 cm³/mol. The Labute approximate surface area is 242 Å². The average Bonchev–Trinajstić information content (AvgIpc) is 3.36. The van der Waals surface area contributed by atoms with Crippen LogP contribution in [0.5, 0.6) is 0 Å². The molecule has 1 radical (unpaired) electrons. The Bertz CT molecular complexity index is 1520. The number of ketones is 1. The molecule has 1 unspecified atom stereocenters. The topological polar surface area (TPSA) is 159 Å². The normalized spacial score (nSPS) is 17.4. The second-order valence-electron chi connectivity index (χ2n) is 9.88. The molecule has 2 amide bonds. The van der Waals surface area contributed by atoms with Crippen molar-refractivity contribution in [2.75, 3.05) is 0 Å². The van der Waals surface area contributed by atoms with E-state index in [0.717, 1.165) is 29.5 Å². The van der Waals surface area contributed by atoms with E-state index < -0.39 is 17.8 Å². The quantitative estimate of drug-likeness (QED) is 0.267. The van der Waals surface area contributed by atoms with Crippen molar-refractivity contribution < 1.29 is 36.3 Å². The molecule has 0 bridgehead atoms. The van der Waals surface area contributed by atoms with Gasteiger partial charge >= 0.3 is 0 Å². The maximum absolute atomic E-state index is 13.0. The maximum Gasteiger partial charge on any atom is 0.270 e. The molecule has 1 heterocycles. The number of Topliss-reactive ketones (excluding diaryl/α,β-unsaturated/α-hetero) is 1. The second kappa shape index (κ2) is 12.0. The third kappa shape index (κ3) is 5.76. The summed E-state index contributed by atoms with van der Waals surface area (Å²) in [7, 11) is 0. The minimum atomic E-state index is -1.20. The van der Waals surface area contributed by atoms with Crippen LogP contribution in [0.2, 0.25) is 0 Å². The minimum Gasteiger partial charge on any atom is -0.394 e. The van der Waals surface area contributed by atoms with Crippen molar-refractivity contribution in [2.24, 2.45) is 5.73 Å². The van der Waals surface area contributed by atoms with E-state index in [9.17, 15) is 19.5 Å². The molecule has 2 atom stereocenters. The van der Waals surface area contributed by atoms with Gasteiger partial charge in [-0.2, -0.15) is 0 Å². The van der Waals surface area contributed by atoms with E-state index in [2.05, 4.69) is 51.9 Å². The molecule has 5 rings (SSSR count). The van der Waals surface area contributed by atoms with Gasteiger partial charge in [-0.15, -0.1) is 0 Å². The number of hydrogen-bond acceptors (Lipinski definition) is 8. The second-order valence-corrected chi connectivity index (χ2v) is 9.88. The Morgan fingerprint density at radius 2 is 1.73 bits per heavy atom. The summed E-state index contributed by atoms with van der Waals surface area (Å²) in [5.74, 6) is -1.26. The van der Waals surface area contributed by atoms with Gasteiger partial charge in [0.15, 0.2) is 6.10 Å². The summed E-state index contributed by atoms with van der Waals surface area (Å²) >= 11 is 0. The third-order valence-electron chi connectivity index (χ3n) is 7.41. The van der Waals surface area contributed by atoms with Gasteiger partial charge in [0.2, 0.25) is 5.78 Å². The summed E-state index contributed by atoms with van der Waals surface area (Å²) in [6.07, 6.45) is 1.75. The standard InChI is InChI=1S/C29H30N6O4.Co/c1-15-6-7-20-19(16(15)2)8-9-21(20)35-29(39)23-11-22(33-14-34-23)28(38)32-13-18-5-3-4-17(10-18)12-31-25-24(30)26(36)27(25)37;/h3-7,10-11,14,21,27,31,37H,8-9,12-13,30H2,1-2H3,(H,32,38)(H,35,39);/t21-,27?;/m0./s1. The number of carbonyl (C=O) groups excluding carboxylic acids is 3. The van der Waals surface area contributed by atoms with Crippen LogP contribution in [-0.2, 0) is 41.1 Å². The summed E-state index contributed by atoms with van der Waals surface area (Å²) in [4.78, 5) is 45.2. The van der Waals surface area contributed by atoms with Gasteiger partial charge in [0, 0.05) is 35.9 Å². The Hall–Kier alpha value is -4.06. The summed E-state index contributed by atoms with van der Waals surface area (Å²) < 4.78 is 0. The van der Waals surface area contributed by atoms with Gasteiger partial charge in [-0.3, -0.25) is 14.4 Å². The van der Waals surface area contributed by atoms with Gasteiger partial charge in [-0.1, -0.05) is 36.4 Å². The molecule has 3 aromatic rings. The Kier molecular flexibility index (Phi) is 8.67. The van der Waals surface area contributed by atoms with E-state index in [0.29, 0.717) is 12.2 Å². The molecule has 0 fully saturated rings. The van der Waals surface area contributed by atoms with Crippen molar-refractivity contribution in [1.82, 2.24) is 25.9 Å². The summed E-state index contributed by atoms with van der Waals surface area (Å²) in [5.41, 5.74) is 12.9. The maximum atomic E-state index is 13.0. The fourth-order valence-corrected chi connectivity index (χ4v) is 4.98. The summed E-state index contributed by atoms with van der Waals surface area (Å²) in [5, 5.41) is 18.5. The number of amides is 2. The van der Waals surface area contributed by atoms with Crippen LogP contribution in [0.15, 0.2) is 60.2 Å². The van der Waals surface area contributed by atoms with Crippen LogP contribution in [0, 0.1) is 13.8 Å². The number of nitrogens with two attached hydrogens (primary N) is 1. The van der Waals surface area contributed by atoms with Gasteiger partial charge in [0.25, 0.3) is 11.8 Å². The summed E-state index contributed by atoms with van der Waals surface area (Å²) in [6.45, 7) is 4.79. The van der Waals surface area contributed by atoms with E-state index in [4.69, 9.17) is 5.73 Å². The molecule has 209 valence electrons. The van der Waals surface area contributed by atoms with E-state index in [1.165, 1.54) is 29.1 Å². The number of hydrogen-bond donors (Lipinski definition) is 5. The van der Waals surface area contributed by atoms with Crippen molar-refractivity contribution in [3.63, 3.8) is 0 Å². The van der Waals surface area contributed by atoms with Crippen LogP contribution in [0.3, 0.4) is 0 Å². The number of rotatable bonds is 8. The average molecular weight is 586 g/mol. The predicted octanol–water partition coefficient (Wildman–Crippen LogP) is 1.64. The number of fused-ring (bicyclic) bond motifs is 1. The molecule has 1 aromatic heterocycles. The monoisotopic (exact) mass is 585 g/mol. The number of aliphatic hydroxyl groups excluding tert-OH is 1. The summed E-state index contributed by atoms with van der Waals surface area (Å²) in [6, 6.07) is 12.9. The Morgan fingerprint density at radius 1 is 1.02 bits per heavy atom. The third-order valence-corrected chi connectivity index (χ3v) is 7.41. The Morgan fingerprint density at radius 3 is 2.45 bits per heavy atom.